The molecule has 12 heavy (non-hydrogen) atoms. The van der Waals surface area contributed by atoms with E-state index in [0.29, 0.717) is 6.04 Å². The Labute approximate surface area is 73.1 Å². The van der Waals surface area contributed by atoms with Crippen molar-refractivity contribution in [1.82, 2.24) is 10.3 Å². The standard InChI is InChI=1S/C8H17N3O/c1-7-5-3-2-4-6-11(7)8(12)10-9/h7H,2-6,9H2,1H3,(H,10,12). The molecule has 0 spiro atoms. The van der Waals surface area contributed by atoms with E-state index in [1.807, 2.05) is 4.90 Å². The Balaban J connectivity index is 2.52. The number of hydrogen-bond donors (Lipinski definition) is 2. The highest BCUT2D eigenvalue weighted by molar-refractivity contribution is 5.73. The zero-order valence-corrected chi connectivity index (χ0v) is 7.55. The van der Waals surface area contributed by atoms with Crippen molar-refractivity contribution in [2.45, 2.75) is 38.6 Å². The van der Waals surface area contributed by atoms with Gasteiger partial charge in [-0.25, -0.2) is 10.6 Å². The van der Waals surface area contributed by atoms with Crippen molar-refractivity contribution in [3.8, 4) is 0 Å². The summed E-state index contributed by atoms with van der Waals surface area (Å²) in [5, 5.41) is 0. The maximum atomic E-state index is 11.2. The van der Waals surface area contributed by atoms with E-state index in [2.05, 4.69) is 12.3 Å². The Morgan fingerprint density at radius 3 is 2.92 bits per heavy atom. The maximum Gasteiger partial charge on any atom is 0.331 e. The lowest BCUT2D eigenvalue weighted by atomic mass is 10.1. The average molecular weight is 171 g/mol. The van der Waals surface area contributed by atoms with Gasteiger partial charge in [-0.3, -0.25) is 5.43 Å². The summed E-state index contributed by atoms with van der Waals surface area (Å²) in [5.41, 5.74) is 2.18. The monoisotopic (exact) mass is 171 g/mol. The molecular formula is C8H17N3O. The van der Waals surface area contributed by atoms with Gasteiger partial charge in [-0.1, -0.05) is 12.8 Å². The van der Waals surface area contributed by atoms with Gasteiger partial charge in [0.1, 0.15) is 0 Å². The van der Waals surface area contributed by atoms with E-state index < -0.39 is 0 Å². The Morgan fingerprint density at radius 2 is 2.25 bits per heavy atom. The van der Waals surface area contributed by atoms with Gasteiger partial charge in [0.25, 0.3) is 0 Å². The molecule has 0 aliphatic carbocycles. The fourth-order valence-corrected chi connectivity index (χ4v) is 1.66. The highest BCUT2D eigenvalue weighted by Crippen LogP contribution is 2.15. The van der Waals surface area contributed by atoms with Crippen LogP contribution in [-0.4, -0.2) is 23.5 Å². The van der Waals surface area contributed by atoms with E-state index in [1.54, 1.807) is 0 Å². The van der Waals surface area contributed by atoms with Crippen molar-refractivity contribution < 1.29 is 4.79 Å². The third-order valence-corrected chi connectivity index (χ3v) is 2.44. The summed E-state index contributed by atoms with van der Waals surface area (Å²) in [6, 6.07) is 0.181. The summed E-state index contributed by atoms with van der Waals surface area (Å²) < 4.78 is 0. The van der Waals surface area contributed by atoms with Gasteiger partial charge in [0.05, 0.1) is 0 Å². The predicted molar refractivity (Wildman–Crippen MR) is 47.4 cm³/mol. The third kappa shape index (κ3) is 2.11. The van der Waals surface area contributed by atoms with Crippen LogP contribution >= 0.6 is 0 Å². The number of rotatable bonds is 0. The molecule has 1 atom stereocenters. The van der Waals surface area contributed by atoms with Gasteiger partial charge in [-0.05, 0) is 19.8 Å². The molecule has 0 aromatic heterocycles. The normalized spacial score (nSPS) is 24.8. The molecule has 0 aromatic rings. The molecule has 70 valence electrons. The maximum absolute atomic E-state index is 11.2. The summed E-state index contributed by atoms with van der Waals surface area (Å²) in [4.78, 5) is 13.0. The van der Waals surface area contributed by atoms with Crippen molar-refractivity contribution in [2.75, 3.05) is 6.54 Å². The third-order valence-electron chi connectivity index (χ3n) is 2.44. The van der Waals surface area contributed by atoms with E-state index in [0.717, 1.165) is 19.4 Å². The van der Waals surface area contributed by atoms with Crippen molar-refractivity contribution in [3.63, 3.8) is 0 Å². The number of urea groups is 1. The number of nitrogens with one attached hydrogen (secondary N) is 1. The van der Waals surface area contributed by atoms with E-state index in [9.17, 15) is 4.79 Å². The van der Waals surface area contributed by atoms with E-state index >= 15 is 0 Å². The summed E-state index contributed by atoms with van der Waals surface area (Å²) >= 11 is 0. The van der Waals surface area contributed by atoms with Crippen LogP contribution in [0.15, 0.2) is 0 Å². The van der Waals surface area contributed by atoms with Gasteiger partial charge >= 0.3 is 6.03 Å². The fraction of sp³-hybridized carbons (Fsp3) is 0.875. The molecule has 0 saturated carbocycles. The Bertz CT molecular complexity index is 160. The fourth-order valence-electron chi connectivity index (χ4n) is 1.66. The second kappa shape index (κ2) is 4.30. The number of hydrogen-bond acceptors (Lipinski definition) is 2. The first-order valence-corrected chi connectivity index (χ1v) is 4.53. The smallest absolute Gasteiger partial charge is 0.321 e. The van der Waals surface area contributed by atoms with Gasteiger partial charge in [0.15, 0.2) is 0 Å². The number of carbonyl (C=O) groups excluding carboxylic acids is 1. The van der Waals surface area contributed by atoms with Crippen LogP contribution in [0, 0.1) is 0 Å². The number of carbonyl (C=O) groups is 1. The molecular weight excluding hydrogens is 154 g/mol. The molecule has 1 saturated heterocycles. The molecule has 0 radical (unpaired) electrons. The highest BCUT2D eigenvalue weighted by Gasteiger charge is 2.20. The van der Waals surface area contributed by atoms with Gasteiger partial charge in [-0.2, -0.15) is 0 Å². The summed E-state index contributed by atoms with van der Waals surface area (Å²) in [6.07, 6.45) is 4.62. The lowest BCUT2D eigenvalue weighted by molar-refractivity contribution is 0.181. The summed E-state index contributed by atoms with van der Waals surface area (Å²) in [6.45, 7) is 2.91. The largest absolute Gasteiger partial charge is 0.331 e. The summed E-state index contributed by atoms with van der Waals surface area (Å²) in [7, 11) is 0. The molecule has 0 aromatic carbocycles. The molecule has 3 N–H and O–H groups in total. The second-order valence-corrected chi connectivity index (χ2v) is 3.34. The van der Waals surface area contributed by atoms with Crippen LogP contribution in [0.2, 0.25) is 0 Å². The molecule has 1 aliphatic rings. The molecule has 0 bridgehead atoms. The Morgan fingerprint density at radius 1 is 1.50 bits per heavy atom. The number of nitrogens with two attached hydrogens (primary N) is 1. The quantitative estimate of drug-likeness (QED) is 0.322. The number of hydrazine groups is 1. The van der Waals surface area contributed by atoms with Crippen molar-refractivity contribution in [3.05, 3.63) is 0 Å². The van der Waals surface area contributed by atoms with Crippen molar-refractivity contribution in [1.29, 1.82) is 0 Å². The number of likely N-dealkylation sites (tertiary alicyclic amines) is 1. The minimum absolute atomic E-state index is 0.149. The topological polar surface area (TPSA) is 58.4 Å². The molecule has 4 heteroatoms. The van der Waals surface area contributed by atoms with Crippen LogP contribution in [0.3, 0.4) is 0 Å². The minimum Gasteiger partial charge on any atom is -0.321 e. The van der Waals surface area contributed by atoms with E-state index in [-0.39, 0.29) is 6.03 Å². The zero-order chi connectivity index (χ0) is 8.97. The second-order valence-electron chi connectivity index (χ2n) is 3.34. The van der Waals surface area contributed by atoms with E-state index in [1.165, 1.54) is 12.8 Å². The highest BCUT2D eigenvalue weighted by atomic mass is 16.2. The molecule has 1 aliphatic heterocycles. The van der Waals surface area contributed by atoms with Crippen LogP contribution in [0.5, 0.6) is 0 Å². The Hall–Kier alpha value is -0.770. The lowest BCUT2D eigenvalue weighted by Crippen LogP contribution is -2.47. The Kier molecular flexibility index (Phi) is 3.34. The van der Waals surface area contributed by atoms with Crippen LogP contribution in [0.1, 0.15) is 32.6 Å². The average Bonchev–Trinajstić information content (AvgIpc) is 2.28. The molecule has 4 nitrogen and oxygen atoms in total. The molecule has 1 unspecified atom stereocenters. The van der Waals surface area contributed by atoms with Crippen LogP contribution < -0.4 is 11.3 Å². The van der Waals surface area contributed by atoms with Gasteiger partial charge in [-0.15, -0.1) is 0 Å². The first-order valence-electron chi connectivity index (χ1n) is 4.53. The molecule has 2 amide bonds. The van der Waals surface area contributed by atoms with Crippen LogP contribution in [0.25, 0.3) is 0 Å². The van der Waals surface area contributed by atoms with Crippen LogP contribution in [-0.2, 0) is 0 Å². The number of amides is 2. The SMILES string of the molecule is CC1CCCCCN1C(=O)NN. The summed E-state index contributed by atoms with van der Waals surface area (Å²) in [5.74, 6) is 5.07. The van der Waals surface area contributed by atoms with E-state index in [4.69, 9.17) is 5.84 Å². The lowest BCUT2D eigenvalue weighted by Gasteiger charge is -2.26. The molecule has 1 heterocycles. The van der Waals surface area contributed by atoms with Gasteiger partial charge < -0.3 is 4.90 Å². The zero-order valence-electron chi connectivity index (χ0n) is 7.55. The minimum atomic E-state index is -0.149. The number of nitrogens with zero attached hydrogens (tertiary/aromatic N) is 1. The van der Waals surface area contributed by atoms with Crippen molar-refractivity contribution >= 4 is 6.03 Å². The van der Waals surface area contributed by atoms with Gasteiger partial charge in [0.2, 0.25) is 0 Å². The molecule has 1 rings (SSSR count). The first kappa shape index (κ1) is 9.32. The molecule has 1 fully saturated rings. The van der Waals surface area contributed by atoms with Gasteiger partial charge in [0, 0.05) is 12.6 Å². The predicted octanol–water partition coefficient (Wildman–Crippen LogP) is 0.834. The van der Waals surface area contributed by atoms with Crippen LogP contribution in [0.4, 0.5) is 4.79 Å². The first-order chi connectivity index (χ1) is 5.75. The van der Waals surface area contributed by atoms with Crippen molar-refractivity contribution in [2.24, 2.45) is 5.84 Å².